The van der Waals surface area contributed by atoms with E-state index in [1.54, 1.807) is 13.3 Å². The minimum Gasteiger partial charge on any atom is -0.497 e. The van der Waals surface area contributed by atoms with E-state index >= 15 is 0 Å². The molecule has 1 aliphatic rings. The summed E-state index contributed by atoms with van der Waals surface area (Å²) in [7, 11) is 7.84. The smallest absolute Gasteiger partial charge is 0.227 e. The number of aromatic nitrogens is 2. The Bertz CT molecular complexity index is 673. The van der Waals surface area contributed by atoms with Crippen molar-refractivity contribution in [3.63, 3.8) is 0 Å². The van der Waals surface area contributed by atoms with E-state index in [1.807, 2.05) is 25.2 Å². The van der Waals surface area contributed by atoms with E-state index in [-0.39, 0.29) is 0 Å². The van der Waals surface area contributed by atoms with Gasteiger partial charge >= 0.3 is 0 Å². The number of anilines is 2. The maximum absolute atomic E-state index is 5.27. The Labute approximate surface area is 143 Å². The summed E-state index contributed by atoms with van der Waals surface area (Å²) >= 11 is 0. The molecule has 0 bridgehead atoms. The van der Waals surface area contributed by atoms with Crippen LogP contribution in [0, 0.1) is 0 Å². The topological polar surface area (TPSA) is 53.5 Å². The first-order valence-electron chi connectivity index (χ1n) is 8.18. The predicted octanol–water partition coefficient (Wildman–Crippen LogP) is 2.06. The van der Waals surface area contributed by atoms with Gasteiger partial charge in [-0.2, -0.15) is 4.98 Å². The van der Waals surface area contributed by atoms with Gasteiger partial charge in [0, 0.05) is 38.3 Å². The summed E-state index contributed by atoms with van der Waals surface area (Å²) in [5.41, 5.74) is 1.32. The van der Waals surface area contributed by atoms with E-state index in [9.17, 15) is 0 Å². The summed E-state index contributed by atoms with van der Waals surface area (Å²) in [6.45, 7) is 1.82. The molecule has 2 aromatic rings. The molecule has 6 heteroatoms. The van der Waals surface area contributed by atoms with Gasteiger partial charge in [0.15, 0.2) is 0 Å². The molecule has 2 atom stereocenters. The van der Waals surface area contributed by atoms with Crippen LogP contribution in [0.25, 0.3) is 0 Å². The highest BCUT2D eigenvalue weighted by molar-refractivity contribution is 5.44. The molecule has 0 saturated carbocycles. The van der Waals surface area contributed by atoms with Gasteiger partial charge in [-0.05, 0) is 37.9 Å². The molecule has 1 fully saturated rings. The lowest BCUT2D eigenvalue weighted by Crippen LogP contribution is -2.34. The molecule has 1 saturated heterocycles. The van der Waals surface area contributed by atoms with E-state index in [4.69, 9.17) is 4.74 Å². The number of rotatable bonds is 5. The van der Waals surface area contributed by atoms with Crippen LogP contribution in [0.4, 0.5) is 11.8 Å². The number of hydrogen-bond acceptors (Lipinski definition) is 6. The van der Waals surface area contributed by atoms with Gasteiger partial charge < -0.3 is 19.9 Å². The number of ether oxygens (including phenoxy) is 1. The van der Waals surface area contributed by atoms with E-state index < -0.39 is 0 Å². The molecule has 24 heavy (non-hydrogen) atoms. The fourth-order valence-electron chi connectivity index (χ4n) is 3.29. The second kappa shape index (κ2) is 7.05. The van der Waals surface area contributed by atoms with Gasteiger partial charge in [-0.3, -0.25) is 0 Å². The Hall–Kier alpha value is -2.34. The summed E-state index contributed by atoms with van der Waals surface area (Å²) < 4.78 is 5.27. The van der Waals surface area contributed by atoms with Crippen LogP contribution in [-0.4, -0.2) is 62.3 Å². The average Bonchev–Trinajstić information content (AvgIpc) is 3.07. The zero-order valence-electron chi connectivity index (χ0n) is 14.7. The highest BCUT2D eigenvalue weighted by Crippen LogP contribution is 2.33. The second-order valence-electron chi connectivity index (χ2n) is 6.31. The molecular formula is C18H25N5O. The Kier molecular flexibility index (Phi) is 4.85. The first-order chi connectivity index (χ1) is 11.6. The van der Waals surface area contributed by atoms with Crippen LogP contribution in [0.1, 0.15) is 11.5 Å². The van der Waals surface area contributed by atoms with E-state index in [0.717, 1.165) is 30.6 Å². The summed E-state index contributed by atoms with van der Waals surface area (Å²) in [5.74, 6) is 2.92. The second-order valence-corrected chi connectivity index (χ2v) is 6.31. The summed E-state index contributed by atoms with van der Waals surface area (Å²) in [6.07, 6.45) is 1.81. The van der Waals surface area contributed by atoms with Crippen LogP contribution in [0.15, 0.2) is 36.5 Å². The maximum Gasteiger partial charge on any atom is 0.227 e. The molecule has 0 spiro atoms. The molecule has 1 aromatic carbocycles. The molecule has 0 aliphatic carbocycles. The fourth-order valence-corrected chi connectivity index (χ4v) is 3.29. The lowest BCUT2D eigenvalue weighted by molar-refractivity contribution is 0.292. The molecule has 3 rings (SSSR count). The molecule has 1 aromatic heterocycles. The number of methoxy groups -OCH3 is 1. The SMILES string of the molecule is CNc1ccnc(N2C[C@@H](N(C)C)[C@H](c3ccc(OC)cc3)C2)n1. The normalized spacial score (nSPS) is 20.5. The third kappa shape index (κ3) is 3.28. The monoisotopic (exact) mass is 327 g/mol. The predicted molar refractivity (Wildman–Crippen MR) is 97.0 cm³/mol. The van der Waals surface area contributed by atoms with Crippen molar-refractivity contribution in [1.82, 2.24) is 14.9 Å². The number of likely N-dealkylation sites (N-methyl/N-ethyl adjacent to an activating group) is 1. The number of nitrogens with one attached hydrogen (secondary N) is 1. The van der Waals surface area contributed by atoms with Gasteiger partial charge in [-0.15, -0.1) is 0 Å². The van der Waals surface area contributed by atoms with Gasteiger partial charge in [-0.1, -0.05) is 12.1 Å². The van der Waals surface area contributed by atoms with Gasteiger partial charge in [-0.25, -0.2) is 4.98 Å². The Morgan fingerprint density at radius 1 is 1.17 bits per heavy atom. The highest BCUT2D eigenvalue weighted by Gasteiger charge is 2.36. The van der Waals surface area contributed by atoms with Gasteiger partial charge in [0.2, 0.25) is 5.95 Å². The molecule has 0 radical (unpaired) electrons. The maximum atomic E-state index is 5.27. The molecule has 0 amide bonds. The fraction of sp³-hybridized carbons (Fsp3) is 0.444. The average molecular weight is 327 g/mol. The molecular weight excluding hydrogens is 302 g/mol. The van der Waals surface area contributed by atoms with Crippen molar-refractivity contribution in [1.29, 1.82) is 0 Å². The highest BCUT2D eigenvalue weighted by atomic mass is 16.5. The molecule has 128 valence electrons. The molecule has 1 aliphatic heterocycles. The first-order valence-corrected chi connectivity index (χ1v) is 8.18. The van der Waals surface area contributed by atoms with E-state index in [0.29, 0.717) is 12.0 Å². The van der Waals surface area contributed by atoms with Crippen molar-refractivity contribution in [3.8, 4) is 5.75 Å². The molecule has 2 heterocycles. The van der Waals surface area contributed by atoms with Crippen molar-refractivity contribution < 1.29 is 4.74 Å². The van der Waals surface area contributed by atoms with Crippen LogP contribution in [0.2, 0.25) is 0 Å². The molecule has 6 nitrogen and oxygen atoms in total. The summed E-state index contributed by atoms with van der Waals surface area (Å²) in [4.78, 5) is 13.6. The zero-order chi connectivity index (χ0) is 17.1. The van der Waals surface area contributed by atoms with Gasteiger partial charge in [0.25, 0.3) is 0 Å². The van der Waals surface area contributed by atoms with Crippen molar-refractivity contribution in [3.05, 3.63) is 42.1 Å². The Morgan fingerprint density at radius 3 is 2.54 bits per heavy atom. The third-order valence-electron chi connectivity index (χ3n) is 4.68. The lowest BCUT2D eigenvalue weighted by Gasteiger charge is -2.25. The summed E-state index contributed by atoms with van der Waals surface area (Å²) in [5, 5.41) is 3.08. The standard InChI is InChI=1S/C18H25N5O/c1-19-17-9-10-20-18(21-17)23-11-15(16(12-23)22(2)3)13-5-7-14(24-4)8-6-13/h5-10,15-16H,11-12H2,1-4H3,(H,19,20,21)/t15-,16+/m0/s1. The van der Waals surface area contributed by atoms with Crippen LogP contribution < -0.4 is 15.0 Å². The molecule has 1 N–H and O–H groups in total. The van der Waals surface area contributed by atoms with Crippen molar-refractivity contribution in [2.24, 2.45) is 0 Å². The van der Waals surface area contributed by atoms with Crippen LogP contribution in [0.3, 0.4) is 0 Å². The Balaban J connectivity index is 1.85. The summed E-state index contributed by atoms with van der Waals surface area (Å²) in [6, 6.07) is 10.7. The van der Waals surface area contributed by atoms with E-state index in [1.165, 1.54) is 5.56 Å². The quantitative estimate of drug-likeness (QED) is 0.907. The van der Waals surface area contributed by atoms with Gasteiger partial charge in [0.05, 0.1) is 7.11 Å². The Morgan fingerprint density at radius 2 is 1.92 bits per heavy atom. The van der Waals surface area contributed by atoms with Crippen LogP contribution in [0.5, 0.6) is 5.75 Å². The number of hydrogen-bond donors (Lipinski definition) is 1. The van der Waals surface area contributed by atoms with Gasteiger partial charge in [0.1, 0.15) is 11.6 Å². The first kappa shape index (κ1) is 16.5. The third-order valence-corrected chi connectivity index (χ3v) is 4.68. The number of nitrogens with zero attached hydrogens (tertiary/aromatic N) is 4. The van der Waals surface area contributed by atoms with Crippen molar-refractivity contribution >= 4 is 11.8 Å². The van der Waals surface area contributed by atoms with Crippen molar-refractivity contribution in [2.45, 2.75) is 12.0 Å². The van der Waals surface area contributed by atoms with Crippen molar-refractivity contribution in [2.75, 3.05) is 51.6 Å². The lowest BCUT2D eigenvalue weighted by atomic mass is 9.93. The van der Waals surface area contributed by atoms with E-state index in [2.05, 4.69) is 51.3 Å². The number of benzene rings is 1. The van der Waals surface area contributed by atoms with Crippen LogP contribution >= 0.6 is 0 Å². The largest absolute Gasteiger partial charge is 0.497 e. The minimum atomic E-state index is 0.410. The minimum absolute atomic E-state index is 0.410. The zero-order valence-corrected chi connectivity index (χ0v) is 14.7. The molecule has 0 unspecified atom stereocenters. The van der Waals surface area contributed by atoms with Crippen LogP contribution in [-0.2, 0) is 0 Å².